The number of oxazole rings is 1. The van der Waals surface area contributed by atoms with Crippen molar-refractivity contribution in [3.63, 3.8) is 0 Å². The summed E-state index contributed by atoms with van der Waals surface area (Å²) in [5.74, 6) is 0.562. The smallest absolute Gasteiger partial charge is 0.240 e. The van der Waals surface area contributed by atoms with Gasteiger partial charge in [-0.1, -0.05) is 12.1 Å². The van der Waals surface area contributed by atoms with Crippen molar-refractivity contribution in [1.29, 1.82) is 0 Å². The first-order valence-electron chi connectivity index (χ1n) is 8.56. The molecule has 0 amide bonds. The van der Waals surface area contributed by atoms with Crippen LogP contribution in [0.1, 0.15) is 17.5 Å². The van der Waals surface area contributed by atoms with Crippen LogP contribution in [0.4, 0.5) is 0 Å². The van der Waals surface area contributed by atoms with Gasteiger partial charge in [-0.05, 0) is 40.6 Å². The number of nitrogens with zero attached hydrogens (tertiary/aromatic N) is 3. The summed E-state index contributed by atoms with van der Waals surface area (Å²) in [7, 11) is -3.66. The highest BCUT2D eigenvalue weighted by atomic mass is 32.2. The molecule has 4 rings (SSSR count). The largest absolute Gasteiger partial charge is 0.449 e. The Kier molecular flexibility index (Phi) is 5.12. The van der Waals surface area contributed by atoms with Gasteiger partial charge in [0.1, 0.15) is 12.0 Å². The number of aromatic nitrogens is 3. The third kappa shape index (κ3) is 3.91. The summed E-state index contributed by atoms with van der Waals surface area (Å²) in [4.78, 5) is 4.44. The second-order valence-electron chi connectivity index (χ2n) is 6.19. The molecule has 144 valence electrons. The third-order valence-electron chi connectivity index (χ3n) is 4.32. The molecule has 9 heteroatoms. The van der Waals surface area contributed by atoms with E-state index in [2.05, 4.69) is 14.8 Å². The quantitative estimate of drug-likeness (QED) is 0.500. The van der Waals surface area contributed by atoms with E-state index in [9.17, 15) is 8.42 Å². The molecule has 7 nitrogen and oxygen atoms in total. The summed E-state index contributed by atoms with van der Waals surface area (Å²) in [6, 6.07) is 10.1. The maximum Gasteiger partial charge on any atom is 0.240 e. The van der Waals surface area contributed by atoms with Crippen molar-refractivity contribution in [2.24, 2.45) is 0 Å². The lowest BCUT2D eigenvalue weighted by atomic mass is 10.1. The Bertz CT molecular complexity index is 1100. The van der Waals surface area contributed by atoms with Gasteiger partial charge in [0.25, 0.3) is 0 Å². The van der Waals surface area contributed by atoms with Gasteiger partial charge in [0.05, 0.1) is 10.9 Å². The highest BCUT2D eigenvalue weighted by molar-refractivity contribution is 7.89. The Morgan fingerprint density at radius 3 is 2.68 bits per heavy atom. The molecule has 0 saturated carbocycles. The van der Waals surface area contributed by atoms with Gasteiger partial charge in [-0.3, -0.25) is 4.68 Å². The van der Waals surface area contributed by atoms with Crippen LogP contribution in [0, 0.1) is 6.92 Å². The first-order valence-corrected chi connectivity index (χ1v) is 11.0. The molecule has 28 heavy (non-hydrogen) atoms. The molecule has 0 spiro atoms. The summed E-state index contributed by atoms with van der Waals surface area (Å²) in [6.07, 6.45) is 5.05. The van der Waals surface area contributed by atoms with Crippen molar-refractivity contribution in [2.75, 3.05) is 6.54 Å². The normalized spacial score (nSPS) is 12.9. The first-order chi connectivity index (χ1) is 13.5. The van der Waals surface area contributed by atoms with Crippen molar-refractivity contribution in [1.82, 2.24) is 19.5 Å². The molecule has 0 fully saturated rings. The molecule has 4 aromatic rings. The van der Waals surface area contributed by atoms with Crippen LogP contribution in [0.2, 0.25) is 0 Å². The maximum atomic E-state index is 12.8. The monoisotopic (exact) mass is 414 g/mol. The topological polar surface area (TPSA) is 90.0 Å². The van der Waals surface area contributed by atoms with Crippen LogP contribution in [-0.2, 0) is 10.0 Å². The van der Waals surface area contributed by atoms with Gasteiger partial charge in [0, 0.05) is 31.4 Å². The van der Waals surface area contributed by atoms with Crippen LogP contribution in [0.5, 0.6) is 0 Å². The predicted octanol–water partition coefficient (Wildman–Crippen LogP) is 3.48. The molecule has 3 heterocycles. The fraction of sp³-hybridized carbons (Fsp3) is 0.158. The molecule has 0 radical (unpaired) electrons. The Morgan fingerprint density at radius 1 is 1.25 bits per heavy atom. The standard InChI is InChI=1S/C19H18N4O3S2/c1-14-22-18(12-26-14)15-3-5-17(6-4-15)28(24,25)21-11-19(16-7-10-27-13-16)23-9-2-8-20-23/h2-10,12-13,19,21H,11H2,1H3. The van der Waals surface area contributed by atoms with Gasteiger partial charge in [-0.15, -0.1) is 0 Å². The average molecular weight is 415 g/mol. The van der Waals surface area contributed by atoms with E-state index in [1.54, 1.807) is 59.7 Å². The van der Waals surface area contributed by atoms with Gasteiger partial charge in [-0.25, -0.2) is 18.1 Å². The summed E-state index contributed by atoms with van der Waals surface area (Å²) < 4.78 is 35.2. The Labute approximate surface area is 166 Å². The van der Waals surface area contributed by atoms with Crippen LogP contribution in [0.25, 0.3) is 11.3 Å². The molecule has 0 bridgehead atoms. The van der Waals surface area contributed by atoms with E-state index in [4.69, 9.17) is 4.42 Å². The van der Waals surface area contributed by atoms with E-state index in [0.29, 0.717) is 11.6 Å². The lowest BCUT2D eigenvalue weighted by Crippen LogP contribution is -2.31. The zero-order valence-electron chi connectivity index (χ0n) is 15.0. The molecule has 1 atom stereocenters. The first kappa shape index (κ1) is 18.6. The van der Waals surface area contributed by atoms with Crippen molar-refractivity contribution in [3.8, 4) is 11.3 Å². The van der Waals surface area contributed by atoms with Crippen molar-refractivity contribution >= 4 is 21.4 Å². The zero-order valence-corrected chi connectivity index (χ0v) is 16.7. The Morgan fingerprint density at radius 2 is 2.07 bits per heavy atom. The van der Waals surface area contributed by atoms with Crippen LogP contribution < -0.4 is 4.72 Å². The van der Waals surface area contributed by atoms with Gasteiger partial charge >= 0.3 is 0 Å². The van der Waals surface area contributed by atoms with E-state index >= 15 is 0 Å². The minimum absolute atomic E-state index is 0.195. The molecule has 1 unspecified atom stereocenters. The van der Waals surface area contributed by atoms with Crippen LogP contribution in [0.15, 0.2) is 75.1 Å². The van der Waals surface area contributed by atoms with Crippen LogP contribution >= 0.6 is 11.3 Å². The average Bonchev–Trinajstić information content (AvgIpc) is 3.45. The molecule has 3 aromatic heterocycles. The van der Waals surface area contributed by atoms with Gasteiger partial charge in [0.15, 0.2) is 5.89 Å². The zero-order chi connectivity index (χ0) is 19.6. The summed E-state index contributed by atoms with van der Waals surface area (Å²) in [6.45, 7) is 1.96. The van der Waals surface area contributed by atoms with Gasteiger partial charge in [-0.2, -0.15) is 16.4 Å². The summed E-state index contributed by atoms with van der Waals surface area (Å²) in [5.41, 5.74) is 2.47. The summed E-state index contributed by atoms with van der Waals surface area (Å²) in [5, 5.41) is 8.22. The number of aryl methyl sites for hydroxylation is 1. The van der Waals surface area contributed by atoms with Crippen molar-refractivity contribution in [2.45, 2.75) is 17.9 Å². The fourth-order valence-corrected chi connectivity index (χ4v) is 4.61. The molecule has 1 aromatic carbocycles. The molecule has 1 N–H and O–H groups in total. The lowest BCUT2D eigenvalue weighted by Gasteiger charge is -2.17. The SMILES string of the molecule is Cc1nc(-c2ccc(S(=O)(=O)NCC(c3ccsc3)n3cccn3)cc2)co1. The van der Waals surface area contributed by atoms with E-state index < -0.39 is 10.0 Å². The number of hydrogen-bond acceptors (Lipinski definition) is 6. The number of nitrogens with one attached hydrogen (secondary N) is 1. The number of hydrogen-bond donors (Lipinski definition) is 1. The fourth-order valence-electron chi connectivity index (χ4n) is 2.87. The number of benzene rings is 1. The maximum absolute atomic E-state index is 12.8. The highest BCUT2D eigenvalue weighted by Crippen LogP contribution is 2.22. The Hall–Kier alpha value is -2.75. The van der Waals surface area contributed by atoms with Gasteiger partial charge in [0.2, 0.25) is 10.0 Å². The Balaban J connectivity index is 1.52. The second-order valence-corrected chi connectivity index (χ2v) is 8.73. The number of sulfonamides is 1. The van der Waals surface area contributed by atoms with E-state index in [0.717, 1.165) is 11.1 Å². The number of thiophene rings is 1. The minimum Gasteiger partial charge on any atom is -0.449 e. The van der Waals surface area contributed by atoms with Gasteiger partial charge < -0.3 is 4.42 Å². The molecule has 0 aliphatic carbocycles. The molecular formula is C19H18N4O3S2. The highest BCUT2D eigenvalue weighted by Gasteiger charge is 2.20. The van der Waals surface area contributed by atoms with E-state index in [1.165, 1.54) is 0 Å². The molecule has 0 aliphatic heterocycles. The van der Waals surface area contributed by atoms with Crippen molar-refractivity contribution in [3.05, 3.63) is 77.3 Å². The number of rotatable bonds is 7. The summed E-state index contributed by atoms with van der Waals surface area (Å²) >= 11 is 1.56. The molecule has 0 saturated heterocycles. The van der Waals surface area contributed by atoms with E-state index in [-0.39, 0.29) is 17.5 Å². The third-order valence-corrected chi connectivity index (χ3v) is 6.46. The van der Waals surface area contributed by atoms with Crippen LogP contribution in [-0.4, -0.2) is 29.7 Å². The minimum atomic E-state index is -3.66. The van der Waals surface area contributed by atoms with E-state index in [1.807, 2.05) is 29.1 Å². The van der Waals surface area contributed by atoms with Crippen LogP contribution in [0.3, 0.4) is 0 Å². The van der Waals surface area contributed by atoms with Crippen molar-refractivity contribution < 1.29 is 12.8 Å². The lowest BCUT2D eigenvalue weighted by molar-refractivity contribution is 0.506. The molecule has 0 aliphatic rings. The predicted molar refractivity (Wildman–Crippen MR) is 107 cm³/mol. The molecular weight excluding hydrogens is 396 g/mol. The second kappa shape index (κ2) is 7.70.